The topological polar surface area (TPSA) is 48.9 Å². The Morgan fingerprint density at radius 1 is 1.22 bits per heavy atom. The van der Waals surface area contributed by atoms with Crippen molar-refractivity contribution in [1.29, 1.82) is 0 Å². The van der Waals surface area contributed by atoms with E-state index in [1.807, 2.05) is 7.05 Å². The van der Waals surface area contributed by atoms with E-state index in [1.54, 1.807) is 0 Å². The van der Waals surface area contributed by atoms with E-state index >= 15 is 0 Å². The third-order valence-corrected chi connectivity index (χ3v) is 4.22. The van der Waals surface area contributed by atoms with E-state index in [0.717, 1.165) is 38.6 Å². The standard InChI is InChI=1S/C17H36N4O.HI/c1-5-6-13-22-14-7-10-19-17(18-4)20-16-8-11-21(12-9-16)15(2)3;/h15-16H,5-14H2,1-4H3,(H2,18,19,20);1H. The summed E-state index contributed by atoms with van der Waals surface area (Å²) in [5, 5.41) is 6.93. The van der Waals surface area contributed by atoms with Crippen molar-refractivity contribution in [3.63, 3.8) is 0 Å². The molecule has 0 aliphatic carbocycles. The molecule has 1 heterocycles. The van der Waals surface area contributed by atoms with Gasteiger partial charge in [0, 0.05) is 52.0 Å². The number of halogens is 1. The number of hydrogen-bond donors (Lipinski definition) is 2. The molecule has 1 aliphatic rings. The lowest BCUT2D eigenvalue weighted by atomic mass is 10.0. The minimum Gasteiger partial charge on any atom is -0.381 e. The largest absolute Gasteiger partial charge is 0.381 e. The second-order valence-corrected chi connectivity index (χ2v) is 6.37. The number of aliphatic imine (C=N–C) groups is 1. The van der Waals surface area contributed by atoms with Crippen LogP contribution in [0.1, 0.15) is 52.9 Å². The van der Waals surface area contributed by atoms with Crippen molar-refractivity contribution >= 4 is 29.9 Å². The highest BCUT2D eigenvalue weighted by Gasteiger charge is 2.21. The second-order valence-electron chi connectivity index (χ2n) is 6.37. The molecular weight excluding hydrogens is 403 g/mol. The molecule has 2 N–H and O–H groups in total. The van der Waals surface area contributed by atoms with E-state index in [4.69, 9.17) is 4.74 Å². The van der Waals surface area contributed by atoms with Crippen molar-refractivity contribution in [3.8, 4) is 0 Å². The molecule has 138 valence electrons. The van der Waals surface area contributed by atoms with Gasteiger partial charge >= 0.3 is 0 Å². The van der Waals surface area contributed by atoms with Crippen molar-refractivity contribution in [3.05, 3.63) is 0 Å². The third kappa shape index (κ3) is 10.4. The van der Waals surface area contributed by atoms with Gasteiger partial charge in [-0.15, -0.1) is 24.0 Å². The molecule has 0 bridgehead atoms. The fourth-order valence-corrected chi connectivity index (χ4v) is 2.68. The van der Waals surface area contributed by atoms with Crippen LogP contribution in [0.5, 0.6) is 0 Å². The van der Waals surface area contributed by atoms with Crippen LogP contribution in [0.25, 0.3) is 0 Å². The second kappa shape index (κ2) is 14.3. The lowest BCUT2D eigenvalue weighted by Crippen LogP contribution is -2.50. The average molecular weight is 440 g/mol. The van der Waals surface area contributed by atoms with Crippen LogP contribution < -0.4 is 10.6 Å². The molecule has 0 spiro atoms. The lowest BCUT2D eigenvalue weighted by Gasteiger charge is -2.35. The number of hydrogen-bond acceptors (Lipinski definition) is 3. The highest BCUT2D eigenvalue weighted by atomic mass is 127. The number of rotatable bonds is 9. The zero-order chi connectivity index (χ0) is 16.2. The first kappa shape index (κ1) is 22.9. The molecule has 0 aromatic heterocycles. The highest BCUT2D eigenvalue weighted by molar-refractivity contribution is 14.0. The summed E-state index contributed by atoms with van der Waals surface area (Å²) in [6, 6.07) is 1.20. The third-order valence-electron chi connectivity index (χ3n) is 4.22. The summed E-state index contributed by atoms with van der Waals surface area (Å²) in [6.07, 6.45) is 5.77. The molecule has 1 aliphatic heterocycles. The Labute approximate surface area is 160 Å². The molecule has 5 nitrogen and oxygen atoms in total. The summed E-state index contributed by atoms with van der Waals surface area (Å²) in [4.78, 5) is 6.87. The van der Waals surface area contributed by atoms with Gasteiger partial charge in [0.05, 0.1) is 0 Å². The number of guanidine groups is 1. The van der Waals surface area contributed by atoms with Crippen LogP contribution in [0, 0.1) is 0 Å². The normalized spacial score (nSPS) is 17.2. The smallest absolute Gasteiger partial charge is 0.191 e. The van der Waals surface area contributed by atoms with Crippen LogP contribution in [0.2, 0.25) is 0 Å². The summed E-state index contributed by atoms with van der Waals surface area (Å²) in [7, 11) is 1.84. The van der Waals surface area contributed by atoms with Crippen LogP contribution >= 0.6 is 24.0 Å². The maximum atomic E-state index is 5.57. The van der Waals surface area contributed by atoms with Gasteiger partial charge in [-0.05, 0) is 39.5 Å². The molecular formula is C17H37IN4O. The van der Waals surface area contributed by atoms with E-state index < -0.39 is 0 Å². The zero-order valence-electron chi connectivity index (χ0n) is 15.4. The first-order valence-corrected chi connectivity index (χ1v) is 8.96. The van der Waals surface area contributed by atoms with Gasteiger partial charge in [-0.1, -0.05) is 13.3 Å². The summed E-state index contributed by atoms with van der Waals surface area (Å²) in [5.74, 6) is 0.927. The van der Waals surface area contributed by atoms with Crippen LogP contribution in [-0.4, -0.2) is 62.8 Å². The van der Waals surface area contributed by atoms with Crippen LogP contribution in [0.3, 0.4) is 0 Å². The van der Waals surface area contributed by atoms with Gasteiger partial charge in [0.15, 0.2) is 5.96 Å². The van der Waals surface area contributed by atoms with Crippen LogP contribution in [0.15, 0.2) is 4.99 Å². The monoisotopic (exact) mass is 440 g/mol. The summed E-state index contributed by atoms with van der Waals surface area (Å²) < 4.78 is 5.57. The van der Waals surface area contributed by atoms with Gasteiger partial charge < -0.3 is 20.3 Å². The molecule has 0 radical (unpaired) electrons. The van der Waals surface area contributed by atoms with Gasteiger partial charge in [0.25, 0.3) is 0 Å². The number of ether oxygens (including phenoxy) is 1. The van der Waals surface area contributed by atoms with Crippen molar-refractivity contribution in [2.75, 3.05) is 39.9 Å². The Morgan fingerprint density at radius 3 is 2.43 bits per heavy atom. The maximum Gasteiger partial charge on any atom is 0.191 e. The van der Waals surface area contributed by atoms with Gasteiger partial charge in [0.1, 0.15) is 0 Å². The van der Waals surface area contributed by atoms with Crippen LogP contribution in [0.4, 0.5) is 0 Å². The summed E-state index contributed by atoms with van der Waals surface area (Å²) >= 11 is 0. The van der Waals surface area contributed by atoms with Gasteiger partial charge in [-0.25, -0.2) is 0 Å². The molecule has 0 aromatic carbocycles. The maximum absolute atomic E-state index is 5.57. The Balaban J connectivity index is 0.00000484. The fraction of sp³-hybridized carbons (Fsp3) is 0.941. The van der Waals surface area contributed by atoms with E-state index in [2.05, 4.69) is 41.3 Å². The molecule has 23 heavy (non-hydrogen) atoms. The first-order valence-electron chi connectivity index (χ1n) is 8.96. The van der Waals surface area contributed by atoms with Gasteiger partial charge in [-0.2, -0.15) is 0 Å². The van der Waals surface area contributed by atoms with Crippen LogP contribution in [-0.2, 0) is 4.74 Å². The summed E-state index contributed by atoms with van der Waals surface area (Å²) in [5.41, 5.74) is 0. The Morgan fingerprint density at radius 2 is 1.87 bits per heavy atom. The minimum atomic E-state index is 0. The van der Waals surface area contributed by atoms with Crippen molar-refractivity contribution in [2.45, 2.75) is 65.0 Å². The predicted octanol–water partition coefficient (Wildman–Crippen LogP) is 2.85. The Hall–Kier alpha value is -0.0800. The average Bonchev–Trinajstić information content (AvgIpc) is 2.53. The molecule has 0 atom stereocenters. The molecule has 0 saturated carbocycles. The van der Waals surface area contributed by atoms with E-state index in [-0.39, 0.29) is 24.0 Å². The SMILES string of the molecule is CCCCOCCCNC(=NC)NC1CCN(C(C)C)CC1.I. The molecule has 0 unspecified atom stereocenters. The van der Waals surface area contributed by atoms with E-state index in [1.165, 1.54) is 32.4 Å². The molecule has 1 saturated heterocycles. The lowest BCUT2D eigenvalue weighted by molar-refractivity contribution is 0.129. The summed E-state index contributed by atoms with van der Waals surface area (Å²) in [6.45, 7) is 11.7. The van der Waals surface area contributed by atoms with Crippen molar-refractivity contribution in [1.82, 2.24) is 15.5 Å². The highest BCUT2D eigenvalue weighted by Crippen LogP contribution is 2.12. The zero-order valence-corrected chi connectivity index (χ0v) is 17.8. The molecule has 1 rings (SSSR count). The predicted molar refractivity (Wildman–Crippen MR) is 110 cm³/mol. The first-order chi connectivity index (χ1) is 10.7. The van der Waals surface area contributed by atoms with Crippen molar-refractivity contribution < 1.29 is 4.74 Å². The molecule has 0 amide bonds. The van der Waals surface area contributed by atoms with Gasteiger partial charge in [0.2, 0.25) is 0 Å². The minimum absolute atomic E-state index is 0. The fourth-order valence-electron chi connectivity index (χ4n) is 2.68. The number of likely N-dealkylation sites (tertiary alicyclic amines) is 1. The quantitative estimate of drug-likeness (QED) is 0.251. The molecule has 1 fully saturated rings. The van der Waals surface area contributed by atoms with Crippen molar-refractivity contribution in [2.24, 2.45) is 4.99 Å². The number of unbranched alkanes of at least 4 members (excludes halogenated alkanes) is 1. The number of nitrogens with zero attached hydrogens (tertiary/aromatic N) is 2. The molecule has 0 aromatic rings. The van der Waals surface area contributed by atoms with Gasteiger partial charge in [-0.3, -0.25) is 4.99 Å². The van der Waals surface area contributed by atoms with E-state index in [0.29, 0.717) is 12.1 Å². The molecule has 6 heteroatoms. The van der Waals surface area contributed by atoms with E-state index in [9.17, 15) is 0 Å². The number of nitrogens with one attached hydrogen (secondary N) is 2. The Kier molecular flexibility index (Phi) is 14.2. The number of piperidine rings is 1. The Bertz CT molecular complexity index is 305.